The van der Waals surface area contributed by atoms with Crippen molar-refractivity contribution in [3.8, 4) is 5.75 Å². The molecule has 2 aromatic carbocycles. The quantitative estimate of drug-likeness (QED) is 0.878. The summed E-state index contributed by atoms with van der Waals surface area (Å²) in [6.45, 7) is 1.91. The number of halogens is 2. The van der Waals surface area contributed by atoms with Gasteiger partial charge in [-0.05, 0) is 42.7 Å². The lowest BCUT2D eigenvalue weighted by Crippen LogP contribution is -2.21. The molecule has 0 fully saturated rings. The molecule has 2 aromatic rings. The Morgan fingerprint density at radius 1 is 1.05 bits per heavy atom. The van der Waals surface area contributed by atoms with E-state index in [1.54, 1.807) is 12.1 Å². The maximum atomic E-state index is 13.5. The van der Waals surface area contributed by atoms with Gasteiger partial charge in [-0.15, -0.1) is 0 Å². The van der Waals surface area contributed by atoms with Crippen molar-refractivity contribution in [2.45, 2.75) is 32.4 Å². The molecular formula is C17H19F2NO. The normalized spacial score (nSPS) is 12.2. The molecule has 21 heavy (non-hydrogen) atoms. The zero-order valence-corrected chi connectivity index (χ0v) is 12.0. The molecule has 0 spiro atoms. The minimum atomic E-state index is -0.597. The van der Waals surface area contributed by atoms with Crippen LogP contribution < -0.4 is 10.5 Å². The highest BCUT2D eigenvalue weighted by molar-refractivity contribution is 5.28. The van der Waals surface area contributed by atoms with Gasteiger partial charge in [-0.1, -0.05) is 25.1 Å². The zero-order valence-electron chi connectivity index (χ0n) is 12.0. The topological polar surface area (TPSA) is 35.2 Å². The molecule has 0 aromatic heterocycles. The van der Waals surface area contributed by atoms with E-state index < -0.39 is 11.6 Å². The standard InChI is InChI=1S/C17H19F2NO/c1-2-13(20)10-12-6-8-14(9-7-12)21-11-15-16(18)4-3-5-17(15)19/h3-9,13H,2,10-11,20H2,1H3. The van der Waals surface area contributed by atoms with E-state index in [1.807, 2.05) is 19.1 Å². The molecule has 0 radical (unpaired) electrons. The molecule has 0 heterocycles. The predicted molar refractivity (Wildman–Crippen MR) is 79.1 cm³/mol. The molecule has 0 saturated heterocycles. The number of nitrogens with two attached hydrogens (primary N) is 1. The first-order valence-electron chi connectivity index (χ1n) is 7.00. The van der Waals surface area contributed by atoms with Gasteiger partial charge in [0.15, 0.2) is 0 Å². The monoisotopic (exact) mass is 291 g/mol. The fourth-order valence-electron chi connectivity index (χ4n) is 1.99. The summed E-state index contributed by atoms with van der Waals surface area (Å²) in [4.78, 5) is 0. The lowest BCUT2D eigenvalue weighted by molar-refractivity contribution is 0.292. The number of hydrogen-bond donors (Lipinski definition) is 1. The van der Waals surface area contributed by atoms with Gasteiger partial charge in [-0.25, -0.2) is 8.78 Å². The maximum Gasteiger partial charge on any atom is 0.132 e. The first-order valence-corrected chi connectivity index (χ1v) is 7.00. The summed E-state index contributed by atoms with van der Waals surface area (Å²) in [6.07, 6.45) is 1.73. The lowest BCUT2D eigenvalue weighted by Gasteiger charge is -2.11. The van der Waals surface area contributed by atoms with Crippen LogP contribution in [0.4, 0.5) is 8.78 Å². The Morgan fingerprint density at radius 3 is 2.24 bits per heavy atom. The van der Waals surface area contributed by atoms with Crippen LogP contribution in [0, 0.1) is 11.6 Å². The van der Waals surface area contributed by atoms with Crippen LogP contribution in [0.3, 0.4) is 0 Å². The average molecular weight is 291 g/mol. The smallest absolute Gasteiger partial charge is 0.132 e. The Hall–Kier alpha value is -1.94. The third kappa shape index (κ3) is 4.26. The van der Waals surface area contributed by atoms with Crippen molar-refractivity contribution in [3.63, 3.8) is 0 Å². The fourth-order valence-corrected chi connectivity index (χ4v) is 1.99. The van der Waals surface area contributed by atoms with Gasteiger partial charge in [0.1, 0.15) is 24.0 Å². The van der Waals surface area contributed by atoms with Crippen molar-refractivity contribution in [2.75, 3.05) is 0 Å². The molecule has 0 amide bonds. The molecule has 1 atom stereocenters. The SMILES string of the molecule is CCC(N)Cc1ccc(OCc2c(F)cccc2F)cc1. The molecule has 0 bridgehead atoms. The highest BCUT2D eigenvalue weighted by Gasteiger charge is 2.09. The first-order chi connectivity index (χ1) is 10.1. The van der Waals surface area contributed by atoms with Crippen LogP contribution in [0.5, 0.6) is 5.75 Å². The number of ether oxygens (including phenoxy) is 1. The van der Waals surface area contributed by atoms with Crippen LogP contribution in [-0.2, 0) is 13.0 Å². The van der Waals surface area contributed by atoms with Gasteiger partial charge in [-0.2, -0.15) is 0 Å². The summed E-state index contributed by atoms with van der Waals surface area (Å²) in [5.74, 6) is -0.618. The predicted octanol–water partition coefficient (Wildman–Crippen LogP) is 3.82. The average Bonchev–Trinajstić information content (AvgIpc) is 2.48. The largest absolute Gasteiger partial charge is 0.489 e. The van der Waals surface area contributed by atoms with E-state index in [1.165, 1.54) is 18.2 Å². The summed E-state index contributed by atoms with van der Waals surface area (Å²) in [5.41, 5.74) is 6.96. The van der Waals surface area contributed by atoms with E-state index in [-0.39, 0.29) is 18.2 Å². The van der Waals surface area contributed by atoms with E-state index in [0.717, 1.165) is 18.4 Å². The summed E-state index contributed by atoms with van der Waals surface area (Å²) in [6, 6.07) is 11.3. The first kappa shape index (κ1) is 15.4. The summed E-state index contributed by atoms with van der Waals surface area (Å²) in [7, 11) is 0. The summed E-state index contributed by atoms with van der Waals surface area (Å²) >= 11 is 0. The van der Waals surface area contributed by atoms with Gasteiger partial charge in [-0.3, -0.25) is 0 Å². The molecule has 1 unspecified atom stereocenters. The third-order valence-corrected chi connectivity index (χ3v) is 3.39. The Balaban J connectivity index is 1.98. The molecule has 2 nitrogen and oxygen atoms in total. The Kier molecular flexibility index (Phi) is 5.28. The van der Waals surface area contributed by atoms with E-state index >= 15 is 0 Å². The van der Waals surface area contributed by atoms with Crippen LogP contribution >= 0.6 is 0 Å². The lowest BCUT2D eigenvalue weighted by atomic mass is 10.0. The van der Waals surface area contributed by atoms with Crippen molar-refractivity contribution >= 4 is 0 Å². The minimum Gasteiger partial charge on any atom is -0.489 e. The fraction of sp³-hybridized carbons (Fsp3) is 0.294. The van der Waals surface area contributed by atoms with Gasteiger partial charge in [0.2, 0.25) is 0 Å². The van der Waals surface area contributed by atoms with Crippen molar-refractivity contribution in [1.29, 1.82) is 0 Å². The molecule has 0 aliphatic heterocycles. The van der Waals surface area contributed by atoms with Crippen LogP contribution in [0.2, 0.25) is 0 Å². The van der Waals surface area contributed by atoms with Gasteiger partial charge in [0.05, 0.1) is 5.56 Å². The van der Waals surface area contributed by atoms with Gasteiger partial charge < -0.3 is 10.5 Å². The second kappa shape index (κ2) is 7.18. The molecule has 112 valence electrons. The van der Waals surface area contributed by atoms with E-state index in [2.05, 4.69) is 0 Å². The van der Waals surface area contributed by atoms with Crippen LogP contribution in [0.15, 0.2) is 42.5 Å². The Morgan fingerprint density at radius 2 is 1.67 bits per heavy atom. The number of rotatable bonds is 6. The maximum absolute atomic E-state index is 13.5. The van der Waals surface area contributed by atoms with Gasteiger partial charge in [0.25, 0.3) is 0 Å². The summed E-state index contributed by atoms with van der Waals surface area (Å²) < 4.78 is 32.4. The molecule has 0 aliphatic rings. The second-order valence-electron chi connectivity index (χ2n) is 5.01. The highest BCUT2D eigenvalue weighted by Crippen LogP contribution is 2.18. The molecule has 0 aliphatic carbocycles. The summed E-state index contributed by atoms with van der Waals surface area (Å²) in [5, 5.41) is 0. The molecular weight excluding hydrogens is 272 g/mol. The number of benzene rings is 2. The Bertz CT molecular complexity index is 564. The Labute approximate surface area is 123 Å². The van der Waals surface area contributed by atoms with Gasteiger partial charge >= 0.3 is 0 Å². The third-order valence-electron chi connectivity index (χ3n) is 3.39. The molecule has 2 N–H and O–H groups in total. The van der Waals surface area contributed by atoms with E-state index in [9.17, 15) is 8.78 Å². The van der Waals surface area contributed by atoms with E-state index in [4.69, 9.17) is 10.5 Å². The molecule has 4 heteroatoms. The second-order valence-corrected chi connectivity index (χ2v) is 5.01. The highest BCUT2D eigenvalue weighted by atomic mass is 19.1. The van der Waals surface area contributed by atoms with Crippen molar-refractivity contribution in [2.24, 2.45) is 5.73 Å². The zero-order chi connectivity index (χ0) is 15.2. The van der Waals surface area contributed by atoms with Gasteiger partial charge in [0, 0.05) is 6.04 Å². The molecule has 2 rings (SSSR count). The van der Waals surface area contributed by atoms with Crippen LogP contribution in [0.25, 0.3) is 0 Å². The number of hydrogen-bond acceptors (Lipinski definition) is 2. The van der Waals surface area contributed by atoms with Crippen molar-refractivity contribution in [3.05, 3.63) is 65.2 Å². The van der Waals surface area contributed by atoms with Crippen LogP contribution in [0.1, 0.15) is 24.5 Å². The molecule has 0 saturated carbocycles. The van der Waals surface area contributed by atoms with E-state index in [0.29, 0.717) is 5.75 Å². The van der Waals surface area contributed by atoms with Crippen molar-refractivity contribution in [1.82, 2.24) is 0 Å². The minimum absolute atomic E-state index is 0.0606. The van der Waals surface area contributed by atoms with Crippen LogP contribution in [-0.4, -0.2) is 6.04 Å². The van der Waals surface area contributed by atoms with Crippen molar-refractivity contribution < 1.29 is 13.5 Å².